The first-order chi connectivity index (χ1) is 3.42. The van der Waals surface area contributed by atoms with Crippen LogP contribution in [0, 0.1) is 5.41 Å². The molecule has 8 heavy (non-hydrogen) atoms. The van der Waals surface area contributed by atoms with Gasteiger partial charge in [-0.1, -0.05) is 27.4 Å². The lowest BCUT2D eigenvalue weighted by atomic mass is 9.92. The van der Waals surface area contributed by atoms with Crippen LogP contribution in [0.4, 0.5) is 4.39 Å². The smallest absolute Gasteiger partial charge is 0.0933 e. The van der Waals surface area contributed by atoms with E-state index in [0.29, 0.717) is 6.42 Å². The molecule has 0 rings (SSSR count). The molecule has 0 aromatic rings. The highest BCUT2D eigenvalue weighted by molar-refractivity contribution is 4.85. The van der Waals surface area contributed by atoms with Gasteiger partial charge in [-0.05, 0) is 5.41 Å². The van der Waals surface area contributed by atoms with Gasteiger partial charge in [-0.15, -0.1) is 0 Å². The highest BCUT2D eigenvalue weighted by atomic mass is 19.1. The lowest BCUT2D eigenvalue weighted by Crippen LogP contribution is -2.03. The summed E-state index contributed by atoms with van der Waals surface area (Å²) in [6.45, 7) is 9.13. The molecule has 0 bridgehead atoms. The van der Waals surface area contributed by atoms with E-state index in [2.05, 4.69) is 6.58 Å². The summed E-state index contributed by atoms with van der Waals surface area (Å²) in [7, 11) is 0. The quantitative estimate of drug-likeness (QED) is 0.494. The second-order valence-electron chi connectivity index (χ2n) is 3.25. The summed E-state index contributed by atoms with van der Waals surface area (Å²) >= 11 is 0. The molecular weight excluding hydrogens is 103 g/mol. The monoisotopic (exact) mass is 116 g/mol. The minimum atomic E-state index is -0.225. The van der Waals surface area contributed by atoms with Gasteiger partial charge in [0.1, 0.15) is 0 Å². The minimum Gasteiger partial charge on any atom is -0.212 e. The first kappa shape index (κ1) is 7.67. The van der Waals surface area contributed by atoms with E-state index in [-0.39, 0.29) is 11.2 Å². The van der Waals surface area contributed by atoms with Gasteiger partial charge in [-0.3, -0.25) is 0 Å². The number of hydrogen-bond donors (Lipinski definition) is 0. The first-order valence-corrected chi connectivity index (χ1v) is 2.75. The van der Waals surface area contributed by atoms with Crippen LogP contribution >= 0.6 is 0 Å². The van der Waals surface area contributed by atoms with Crippen molar-refractivity contribution in [2.75, 3.05) is 0 Å². The summed E-state index contributed by atoms with van der Waals surface area (Å²) in [5.74, 6) is -0.225. The highest BCUT2D eigenvalue weighted by Crippen LogP contribution is 2.22. The molecule has 48 valence electrons. The number of allylic oxidation sites excluding steroid dienone is 1. The molecule has 0 heterocycles. The third-order valence-corrected chi connectivity index (χ3v) is 0.722. The normalized spacial score (nSPS) is 11.5. The van der Waals surface area contributed by atoms with Crippen LogP contribution in [0.5, 0.6) is 0 Å². The Bertz CT molecular complexity index is 87.1. The first-order valence-electron chi connectivity index (χ1n) is 2.75. The van der Waals surface area contributed by atoms with Crippen molar-refractivity contribution in [3.63, 3.8) is 0 Å². The zero-order valence-corrected chi connectivity index (χ0v) is 5.79. The largest absolute Gasteiger partial charge is 0.212 e. The van der Waals surface area contributed by atoms with Gasteiger partial charge in [0.05, 0.1) is 5.83 Å². The zero-order valence-electron chi connectivity index (χ0n) is 5.79. The van der Waals surface area contributed by atoms with Gasteiger partial charge in [0.25, 0.3) is 0 Å². The van der Waals surface area contributed by atoms with Crippen molar-refractivity contribution in [1.29, 1.82) is 0 Å². The summed E-state index contributed by atoms with van der Waals surface area (Å²) in [6.07, 6.45) is 0.465. The Labute approximate surface area is 50.4 Å². The Morgan fingerprint density at radius 2 is 1.88 bits per heavy atom. The van der Waals surface area contributed by atoms with Crippen molar-refractivity contribution in [3.05, 3.63) is 12.4 Å². The van der Waals surface area contributed by atoms with E-state index >= 15 is 0 Å². The van der Waals surface area contributed by atoms with Gasteiger partial charge in [0, 0.05) is 6.42 Å². The Morgan fingerprint density at radius 1 is 1.50 bits per heavy atom. The summed E-state index contributed by atoms with van der Waals surface area (Å²) in [6, 6.07) is 0. The van der Waals surface area contributed by atoms with Gasteiger partial charge in [0.2, 0.25) is 0 Å². The minimum absolute atomic E-state index is 0.0475. The molecule has 0 aliphatic heterocycles. The standard InChI is InChI=1S/C7H13F/c1-6(8)5-7(2,3)4/h1,5H2,2-4H3. The van der Waals surface area contributed by atoms with Crippen molar-refractivity contribution in [2.45, 2.75) is 27.2 Å². The molecule has 0 N–H and O–H groups in total. The van der Waals surface area contributed by atoms with Gasteiger partial charge in [0.15, 0.2) is 0 Å². The van der Waals surface area contributed by atoms with Gasteiger partial charge in [-0.2, -0.15) is 0 Å². The summed E-state index contributed by atoms with van der Waals surface area (Å²) < 4.78 is 12.0. The van der Waals surface area contributed by atoms with Crippen LogP contribution in [0.25, 0.3) is 0 Å². The Balaban J connectivity index is 3.55. The molecule has 0 saturated heterocycles. The van der Waals surface area contributed by atoms with E-state index in [1.807, 2.05) is 20.8 Å². The lowest BCUT2D eigenvalue weighted by Gasteiger charge is -2.15. The second-order valence-corrected chi connectivity index (χ2v) is 3.25. The molecule has 0 aliphatic carbocycles. The molecule has 0 radical (unpaired) electrons. The van der Waals surface area contributed by atoms with Crippen molar-refractivity contribution in [2.24, 2.45) is 5.41 Å². The summed E-state index contributed by atoms with van der Waals surface area (Å²) in [5, 5.41) is 0. The van der Waals surface area contributed by atoms with Crippen LogP contribution in [0.1, 0.15) is 27.2 Å². The third-order valence-electron chi connectivity index (χ3n) is 0.722. The molecular formula is C7H13F. The van der Waals surface area contributed by atoms with Crippen LogP contribution in [-0.2, 0) is 0 Å². The van der Waals surface area contributed by atoms with Gasteiger partial charge >= 0.3 is 0 Å². The second kappa shape index (κ2) is 2.29. The zero-order chi connectivity index (χ0) is 6.78. The van der Waals surface area contributed by atoms with Crippen molar-refractivity contribution in [3.8, 4) is 0 Å². The number of rotatable bonds is 1. The molecule has 0 atom stereocenters. The highest BCUT2D eigenvalue weighted by Gasteiger charge is 2.10. The van der Waals surface area contributed by atoms with E-state index in [1.165, 1.54) is 0 Å². The fraction of sp³-hybridized carbons (Fsp3) is 0.714. The van der Waals surface area contributed by atoms with Crippen LogP contribution in [-0.4, -0.2) is 0 Å². The fourth-order valence-corrected chi connectivity index (χ4v) is 0.575. The number of halogens is 1. The van der Waals surface area contributed by atoms with Crippen molar-refractivity contribution in [1.82, 2.24) is 0 Å². The predicted molar refractivity (Wildman–Crippen MR) is 34.3 cm³/mol. The van der Waals surface area contributed by atoms with Crippen LogP contribution in [0.15, 0.2) is 12.4 Å². The molecule has 1 heteroatoms. The van der Waals surface area contributed by atoms with Gasteiger partial charge < -0.3 is 0 Å². The summed E-state index contributed by atoms with van der Waals surface area (Å²) in [4.78, 5) is 0. The van der Waals surface area contributed by atoms with E-state index in [4.69, 9.17) is 0 Å². The Kier molecular flexibility index (Phi) is 2.20. The van der Waals surface area contributed by atoms with Gasteiger partial charge in [-0.25, -0.2) is 4.39 Å². The van der Waals surface area contributed by atoms with Crippen LogP contribution < -0.4 is 0 Å². The maximum atomic E-state index is 12.0. The van der Waals surface area contributed by atoms with Crippen molar-refractivity contribution >= 4 is 0 Å². The van der Waals surface area contributed by atoms with E-state index < -0.39 is 0 Å². The van der Waals surface area contributed by atoms with E-state index in [9.17, 15) is 4.39 Å². The molecule has 0 amide bonds. The molecule has 0 unspecified atom stereocenters. The third kappa shape index (κ3) is 5.67. The molecule has 0 aliphatic rings. The lowest BCUT2D eigenvalue weighted by molar-refractivity contribution is 0.371. The predicted octanol–water partition coefficient (Wildman–Crippen LogP) is 2.91. The molecule has 0 nitrogen and oxygen atoms in total. The number of hydrogen-bond acceptors (Lipinski definition) is 0. The van der Waals surface area contributed by atoms with E-state index in [1.54, 1.807) is 0 Å². The molecule has 0 aromatic heterocycles. The average Bonchev–Trinajstić information content (AvgIpc) is 1.21. The average molecular weight is 116 g/mol. The molecule has 0 saturated carbocycles. The van der Waals surface area contributed by atoms with Crippen LogP contribution in [0.2, 0.25) is 0 Å². The molecule has 0 fully saturated rings. The molecule has 0 spiro atoms. The maximum absolute atomic E-state index is 12.0. The topological polar surface area (TPSA) is 0 Å². The van der Waals surface area contributed by atoms with Crippen molar-refractivity contribution < 1.29 is 4.39 Å². The Hall–Kier alpha value is -0.330. The van der Waals surface area contributed by atoms with Crippen LogP contribution in [0.3, 0.4) is 0 Å². The summed E-state index contributed by atoms with van der Waals surface area (Å²) in [5.41, 5.74) is 0.0475. The SMILES string of the molecule is C=C(F)CC(C)(C)C. The molecule has 0 aromatic carbocycles. The maximum Gasteiger partial charge on any atom is 0.0933 e. The van der Waals surface area contributed by atoms with E-state index in [0.717, 1.165) is 0 Å². The fourth-order valence-electron chi connectivity index (χ4n) is 0.575. The Morgan fingerprint density at radius 3 is 1.88 bits per heavy atom.